The minimum atomic E-state index is -0.262. The highest BCUT2D eigenvalue weighted by Gasteiger charge is 2.23. The van der Waals surface area contributed by atoms with Crippen LogP contribution in [0.5, 0.6) is 0 Å². The Morgan fingerprint density at radius 1 is 0.947 bits per heavy atom. The van der Waals surface area contributed by atoms with Crippen molar-refractivity contribution in [2.45, 2.75) is 12.8 Å². The lowest BCUT2D eigenvalue weighted by atomic mass is 10.2. The molecule has 1 aromatic rings. The summed E-state index contributed by atoms with van der Waals surface area (Å²) in [7, 11) is 0. The summed E-state index contributed by atoms with van der Waals surface area (Å²) in [6.45, 7) is 1.10. The second-order valence-electron chi connectivity index (χ2n) is 4.54. The molecule has 0 N–H and O–H groups in total. The van der Waals surface area contributed by atoms with Crippen molar-refractivity contribution in [3.05, 3.63) is 48.8 Å². The summed E-state index contributed by atoms with van der Waals surface area (Å²) in [4.78, 5) is 15.2. The maximum Gasteiger partial charge on any atom is 0.414 e. The van der Waals surface area contributed by atoms with Gasteiger partial charge in [0.1, 0.15) is 6.61 Å². The van der Waals surface area contributed by atoms with Crippen molar-refractivity contribution >= 4 is 17.5 Å². The molecule has 0 aliphatic carbocycles. The summed E-state index contributed by atoms with van der Waals surface area (Å²) >= 11 is 0. The van der Waals surface area contributed by atoms with Crippen molar-refractivity contribution in [1.82, 2.24) is 0 Å². The van der Waals surface area contributed by atoms with Crippen LogP contribution in [0.1, 0.15) is 12.8 Å². The van der Waals surface area contributed by atoms with Gasteiger partial charge in [0.05, 0.1) is 6.54 Å². The van der Waals surface area contributed by atoms with Gasteiger partial charge in [0.2, 0.25) is 0 Å². The fourth-order valence-electron chi connectivity index (χ4n) is 2.22. The molecule has 2 aliphatic heterocycles. The van der Waals surface area contributed by atoms with Crippen molar-refractivity contribution in [1.29, 1.82) is 0 Å². The Morgan fingerprint density at radius 2 is 1.58 bits per heavy atom. The number of hydrogen-bond donors (Lipinski definition) is 0. The van der Waals surface area contributed by atoms with E-state index in [2.05, 4.69) is 29.5 Å². The lowest BCUT2D eigenvalue weighted by Gasteiger charge is -2.17. The molecule has 0 saturated carbocycles. The molecule has 1 amide bonds. The molecule has 1 aromatic carbocycles. The topological polar surface area (TPSA) is 32.8 Å². The van der Waals surface area contributed by atoms with Gasteiger partial charge in [-0.05, 0) is 37.1 Å². The standard InChI is InChI=1S/C15H16N2O2/c18-15-17(11-12-19-15)14-7-5-13(6-8-14)16-9-3-1-2-4-10-16/h3-10H,1-2,11-12H2. The second-order valence-corrected chi connectivity index (χ2v) is 4.54. The number of hydrogen-bond acceptors (Lipinski definition) is 3. The van der Waals surface area contributed by atoms with Gasteiger partial charge < -0.3 is 9.64 Å². The largest absolute Gasteiger partial charge is 0.447 e. The van der Waals surface area contributed by atoms with E-state index in [9.17, 15) is 4.79 Å². The van der Waals surface area contributed by atoms with Crippen molar-refractivity contribution in [2.75, 3.05) is 23.0 Å². The van der Waals surface area contributed by atoms with Gasteiger partial charge in [-0.2, -0.15) is 0 Å². The third kappa shape index (κ3) is 2.47. The van der Waals surface area contributed by atoms with E-state index in [-0.39, 0.29) is 6.09 Å². The van der Waals surface area contributed by atoms with Crippen molar-refractivity contribution in [3.8, 4) is 0 Å². The lowest BCUT2D eigenvalue weighted by Crippen LogP contribution is -2.23. The van der Waals surface area contributed by atoms with Crippen LogP contribution in [0.15, 0.2) is 48.8 Å². The normalized spacial score (nSPS) is 18.6. The van der Waals surface area contributed by atoms with E-state index >= 15 is 0 Å². The van der Waals surface area contributed by atoms with Crippen molar-refractivity contribution in [2.24, 2.45) is 0 Å². The predicted octanol–water partition coefficient (Wildman–Crippen LogP) is 3.27. The third-order valence-corrected chi connectivity index (χ3v) is 3.25. The van der Waals surface area contributed by atoms with E-state index in [4.69, 9.17) is 4.74 Å². The number of anilines is 2. The van der Waals surface area contributed by atoms with Crippen LogP contribution in [-0.4, -0.2) is 19.2 Å². The molecule has 2 aliphatic rings. The highest BCUT2D eigenvalue weighted by atomic mass is 16.6. The van der Waals surface area contributed by atoms with Gasteiger partial charge >= 0.3 is 6.09 Å². The van der Waals surface area contributed by atoms with Gasteiger partial charge in [0, 0.05) is 23.8 Å². The molecule has 0 atom stereocenters. The number of nitrogens with zero attached hydrogens (tertiary/aromatic N) is 2. The molecule has 98 valence electrons. The van der Waals surface area contributed by atoms with E-state index in [0.29, 0.717) is 13.2 Å². The zero-order chi connectivity index (χ0) is 13.1. The Bertz CT molecular complexity index is 505. The number of carbonyl (C=O) groups is 1. The zero-order valence-corrected chi connectivity index (χ0v) is 10.7. The molecule has 2 heterocycles. The predicted molar refractivity (Wildman–Crippen MR) is 75.1 cm³/mol. The van der Waals surface area contributed by atoms with Gasteiger partial charge in [-0.25, -0.2) is 4.79 Å². The second kappa shape index (κ2) is 5.18. The molecule has 0 bridgehead atoms. The monoisotopic (exact) mass is 256 g/mol. The SMILES string of the molecule is O=C1OCCN1c1ccc(N2C=CCCC=C2)cc1. The van der Waals surface area contributed by atoms with Crippen LogP contribution >= 0.6 is 0 Å². The molecule has 4 nitrogen and oxygen atoms in total. The first-order valence-electron chi connectivity index (χ1n) is 6.50. The van der Waals surface area contributed by atoms with Gasteiger partial charge in [-0.1, -0.05) is 12.2 Å². The smallest absolute Gasteiger partial charge is 0.414 e. The summed E-state index contributed by atoms with van der Waals surface area (Å²) in [5, 5.41) is 0. The van der Waals surface area contributed by atoms with Gasteiger partial charge in [-0.3, -0.25) is 4.90 Å². The van der Waals surface area contributed by atoms with Crippen LogP contribution in [-0.2, 0) is 4.74 Å². The molecule has 0 radical (unpaired) electrons. The summed E-state index contributed by atoms with van der Waals surface area (Å²) < 4.78 is 4.94. The summed E-state index contributed by atoms with van der Waals surface area (Å²) in [5.74, 6) is 0. The maximum absolute atomic E-state index is 11.5. The fraction of sp³-hybridized carbons (Fsp3) is 0.267. The Hall–Kier alpha value is -2.23. The van der Waals surface area contributed by atoms with Crippen LogP contribution in [0.2, 0.25) is 0 Å². The summed E-state index contributed by atoms with van der Waals surface area (Å²) in [6, 6.07) is 7.94. The molecular weight excluding hydrogens is 240 g/mol. The average molecular weight is 256 g/mol. The Labute approximate surface area is 112 Å². The number of carbonyl (C=O) groups excluding carboxylic acids is 1. The van der Waals surface area contributed by atoms with Crippen LogP contribution in [0.25, 0.3) is 0 Å². The number of ether oxygens (including phenoxy) is 1. The first-order chi connectivity index (χ1) is 9.34. The minimum absolute atomic E-state index is 0.262. The molecule has 1 saturated heterocycles. The van der Waals surface area contributed by atoms with E-state index in [1.165, 1.54) is 0 Å². The Balaban J connectivity index is 1.80. The van der Waals surface area contributed by atoms with Crippen LogP contribution in [0.4, 0.5) is 16.2 Å². The number of allylic oxidation sites excluding steroid dienone is 2. The van der Waals surface area contributed by atoms with Gasteiger partial charge in [0.25, 0.3) is 0 Å². The average Bonchev–Trinajstić information content (AvgIpc) is 2.71. The molecule has 0 unspecified atom stereocenters. The van der Waals surface area contributed by atoms with Crippen LogP contribution < -0.4 is 9.80 Å². The fourth-order valence-corrected chi connectivity index (χ4v) is 2.22. The molecule has 4 heteroatoms. The Kier molecular flexibility index (Phi) is 3.23. The van der Waals surface area contributed by atoms with E-state index in [0.717, 1.165) is 24.2 Å². The quantitative estimate of drug-likeness (QED) is 0.814. The zero-order valence-electron chi connectivity index (χ0n) is 10.7. The highest BCUT2D eigenvalue weighted by Crippen LogP contribution is 2.24. The Morgan fingerprint density at radius 3 is 2.16 bits per heavy atom. The molecule has 3 rings (SSSR count). The molecular formula is C15H16N2O2. The van der Waals surface area contributed by atoms with Gasteiger partial charge in [-0.15, -0.1) is 0 Å². The molecule has 19 heavy (non-hydrogen) atoms. The van der Waals surface area contributed by atoms with Gasteiger partial charge in [0.15, 0.2) is 0 Å². The number of amides is 1. The third-order valence-electron chi connectivity index (χ3n) is 3.25. The maximum atomic E-state index is 11.5. The van der Waals surface area contributed by atoms with Crippen LogP contribution in [0.3, 0.4) is 0 Å². The summed E-state index contributed by atoms with van der Waals surface area (Å²) in [5.41, 5.74) is 1.97. The van der Waals surface area contributed by atoms with E-state index < -0.39 is 0 Å². The first kappa shape index (κ1) is 11.8. The first-order valence-corrected chi connectivity index (χ1v) is 6.50. The molecule has 0 aromatic heterocycles. The molecule has 1 fully saturated rings. The lowest BCUT2D eigenvalue weighted by molar-refractivity contribution is 0.181. The number of benzene rings is 1. The summed E-state index contributed by atoms with van der Waals surface area (Å²) in [6.07, 6.45) is 10.3. The number of cyclic esters (lactones) is 1. The van der Waals surface area contributed by atoms with E-state index in [1.54, 1.807) is 4.90 Å². The minimum Gasteiger partial charge on any atom is -0.447 e. The van der Waals surface area contributed by atoms with Crippen molar-refractivity contribution in [3.63, 3.8) is 0 Å². The van der Waals surface area contributed by atoms with Crippen molar-refractivity contribution < 1.29 is 9.53 Å². The van der Waals surface area contributed by atoms with Crippen LogP contribution in [0, 0.1) is 0 Å². The highest BCUT2D eigenvalue weighted by molar-refractivity contribution is 5.89. The van der Waals surface area contributed by atoms with E-state index in [1.807, 2.05) is 24.3 Å². The molecule has 0 spiro atoms. The number of rotatable bonds is 2.